The largest absolute Gasteiger partial charge is 0.493 e. The monoisotopic (exact) mass is 332 g/mol. The summed E-state index contributed by atoms with van der Waals surface area (Å²) in [6.45, 7) is 10.9. The van der Waals surface area contributed by atoms with Gasteiger partial charge < -0.3 is 18.9 Å². The first-order valence-electron chi connectivity index (χ1n) is 8.64. The molecule has 0 aliphatic carbocycles. The zero-order valence-corrected chi connectivity index (χ0v) is 15.2. The van der Waals surface area contributed by atoms with Crippen molar-refractivity contribution in [1.29, 1.82) is 0 Å². The second-order valence-corrected chi connectivity index (χ2v) is 6.85. The highest BCUT2D eigenvalue weighted by Gasteiger charge is 2.31. The van der Waals surface area contributed by atoms with Gasteiger partial charge in [-0.25, -0.2) is 0 Å². The highest BCUT2D eigenvalue weighted by Crippen LogP contribution is 2.39. The molecule has 1 aliphatic heterocycles. The van der Waals surface area contributed by atoms with Crippen LogP contribution >= 0.6 is 0 Å². The van der Waals surface area contributed by atoms with Crippen molar-refractivity contribution in [3.63, 3.8) is 0 Å². The zero-order chi connectivity index (χ0) is 17.6. The third-order valence-corrected chi connectivity index (χ3v) is 3.70. The van der Waals surface area contributed by atoms with Gasteiger partial charge in [-0.2, -0.15) is 0 Å². The fraction of sp³-hybridized carbons (Fsp3) is 0.600. The number of hydrogen-bond donors (Lipinski definition) is 0. The molecular formula is C20H28O4. The lowest BCUT2D eigenvalue weighted by Gasteiger charge is -2.35. The van der Waals surface area contributed by atoms with Crippen molar-refractivity contribution < 1.29 is 18.9 Å². The first kappa shape index (κ1) is 18.6. The second kappa shape index (κ2) is 8.41. The molecule has 1 aromatic rings. The van der Waals surface area contributed by atoms with E-state index in [4.69, 9.17) is 25.4 Å². The summed E-state index contributed by atoms with van der Waals surface area (Å²) < 4.78 is 23.5. The SMILES string of the molecule is C#Cc1cc(OCCC)c(C2OCC(C)(C)CO2)cc1OCCC. The first-order chi connectivity index (χ1) is 11.5. The molecule has 1 aromatic carbocycles. The molecule has 2 rings (SSSR count). The summed E-state index contributed by atoms with van der Waals surface area (Å²) in [6, 6.07) is 3.75. The predicted molar refractivity (Wildman–Crippen MR) is 94.4 cm³/mol. The van der Waals surface area contributed by atoms with Gasteiger partial charge in [0, 0.05) is 5.41 Å². The van der Waals surface area contributed by atoms with Crippen LogP contribution in [0.25, 0.3) is 0 Å². The van der Waals surface area contributed by atoms with Crippen molar-refractivity contribution in [2.75, 3.05) is 26.4 Å². The van der Waals surface area contributed by atoms with Crippen LogP contribution in [0.15, 0.2) is 12.1 Å². The van der Waals surface area contributed by atoms with Gasteiger partial charge in [0.2, 0.25) is 0 Å². The number of benzene rings is 1. The van der Waals surface area contributed by atoms with Crippen LogP contribution in [0.4, 0.5) is 0 Å². The van der Waals surface area contributed by atoms with Gasteiger partial charge in [-0.1, -0.05) is 33.6 Å². The van der Waals surface area contributed by atoms with E-state index in [0.29, 0.717) is 43.5 Å². The van der Waals surface area contributed by atoms with Crippen LogP contribution in [-0.2, 0) is 9.47 Å². The third-order valence-electron chi connectivity index (χ3n) is 3.70. The Morgan fingerprint density at radius 2 is 1.67 bits per heavy atom. The van der Waals surface area contributed by atoms with Crippen molar-refractivity contribution in [1.82, 2.24) is 0 Å². The normalized spacial score (nSPS) is 17.3. The number of hydrogen-bond acceptors (Lipinski definition) is 4. The summed E-state index contributed by atoms with van der Waals surface area (Å²) in [7, 11) is 0. The molecule has 0 aromatic heterocycles. The van der Waals surface area contributed by atoms with Crippen LogP contribution in [0.3, 0.4) is 0 Å². The first-order valence-corrected chi connectivity index (χ1v) is 8.64. The molecule has 1 fully saturated rings. The van der Waals surface area contributed by atoms with Gasteiger partial charge in [0.05, 0.1) is 37.6 Å². The fourth-order valence-electron chi connectivity index (χ4n) is 2.41. The van der Waals surface area contributed by atoms with Gasteiger partial charge in [-0.3, -0.25) is 0 Å². The smallest absolute Gasteiger partial charge is 0.187 e. The zero-order valence-electron chi connectivity index (χ0n) is 15.2. The van der Waals surface area contributed by atoms with Crippen LogP contribution in [-0.4, -0.2) is 26.4 Å². The van der Waals surface area contributed by atoms with Crippen molar-refractivity contribution in [2.24, 2.45) is 5.41 Å². The van der Waals surface area contributed by atoms with Crippen molar-refractivity contribution in [2.45, 2.75) is 46.8 Å². The van der Waals surface area contributed by atoms with E-state index >= 15 is 0 Å². The summed E-state index contributed by atoms with van der Waals surface area (Å²) in [5.74, 6) is 4.06. The molecule has 1 heterocycles. The molecule has 4 heteroatoms. The molecule has 0 radical (unpaired) electrons. The van der Waals surface area contributed by atoms with E-state index in [0.717, 1.165) is 18.4 Å². The number of ether oxygens (including phenoxy) is 4. The highest BCUT2D eigenvalue weighted by molar-refractivity contribution is 5.53. The molecule has 1 saturated heterocycles. The quantitative estimate of drug-likeness (QED) is 0.697. The van der Waals surface area contributed by atoms with Gasteiger partial charge in [-0.05, 0) is 25.0 Å². The Labute approximate surface area is 145 Å². The van der Waals surface area contributed by atoms with Gasteiger partial charge >= 0.3 is 0 Å². The predicted octanol–water partition coefficient (Wildman–Crippen LogP) is 4.32. The summed E-state index contributed by atoms with van der Waals surface area (Å²) >= 11 is 0. The van der Waals surface area contributed by atoms with E-state index in [1.165, 1.54) is 0 Å². The summed E-state index contributed by atoms with van der Waals surface area (Å²) in [6.07, 6.45) is 7.01. The van der Waals surface area contributed by atoms with E-state index in [1.54, 1.807) is 0 Å². The molecule has 4 nitrogen and oxygen atoms in total. The number of rotatable bonds is 7. The average Bonchev–Trinajstić information content (AvgIpc) is 2.58. The lowest BCUT2D eigenvalue weighted by molar-refractivity contribution is -0.226. The Balaban J connectivity index is 2.33. The minimum Gasteiger partial charge on any atom is -0.493 e. The Kier molecular flexibility index (Phi) is 6.53. The standard InChI is InChI=1S/C20H28O4/c1-6-9-21-17-12-16(19-23-13-20(4,5)14-24-19)18(22-10-7-2)11-15(17)8-3/h3,11-12,19H,6-7,9-10,13-14H2,1-2,4-5H3. The van der Waals surface area contributed by atoms with Crippen LogP contribution in [0.2, 0.25) is 0 Å². The Morgan fingerprint density at radius 1 is 1.08 bits per heavy atom. The topological polar surface area (TPSA) is 36.9 Å². The lowest BCUT2D eigenvalue weighted by atomic mass is 9.95. The van der Waals surface area contributed by atoms with Crippen LogP contribution < -0.4 is 9.47 Å². The van der Waals surface area contributed by atoms with Gasteiger partial charge in [-0.15, -0.1) is 6.42 Å². The van der Waals surface area contributed by atoms with E-state index in [9.17, 15) is 0 Å². The summed E-state index contributed by atoms with van der Waals surface area (Å²) in [5.41, 5.74) is 1.54. The van der Waals surface area contributed by atoms with Gasteiger partial charge in [0.1, 0.15) is 11.5 Å². The summed E-state index contributed by atoms with van der Waals surface area (Å²) in [4.78, 5) is 0. The fourth-order valence-corrected chi connectivity index (χ4v) is 2.41. The van der Waals surface area contributed by atoms with Crippen molar-refractivity contribution in [3.8, 4) is 23.8 Å². The Hall–Kier alpha value is -1.70. The van der Waals surface area contributed by atoms with E-state index in [-0.39, 0.29) is 5.41 Å². The molecule has 0 atom stereocenters. The van der Waals surface area contributed by atoms with Crippen LogP contribution in [0.1, 0.15) is 58.0 Å². The molecule has 0 amide bonds. The molecular weight excluding hydrogens is 304 g/mol. The maximum atomic E-state index is 5.92. The van der Waals surface area contributed by atoms with E-state index in [2.05, 4.69) is 33.6 Å². The average molecular weight is 332 g/mol. The maximum Gasteiger partial charge on any atom is 0.187 e. The minimum atomic E-state index is -0.458. The Bertz CT molecular complexity index is 576. The van der Waals surface area contributed by atoms with Crippen molar-refractivity contribution in [3.05, 3.63) is 23.3 Å². The van der Waals surface area contributed by atoms with E-state index < -0.39 is 6.29 Å². The van der Waals surface area contributed by atoms with Crippen molar-refractivity contribution >= 4 is 0 Å². The molecule has 0 N–H and O–H groups in total. The van der Waals surface area contributed by atoms with Gasteiger partial charge in [0.25, 0.3) is 0 Å². The van der Waals surface area contributed by atoms with E-state index in [1.807, 2.05) is 12.1 Å². The minimum absolute atomic E-state index is 0.0151. The lowest BCUT2D eigenvalue weighted by Crippen LogP contribution is -2.34. The van der Waals surface area contributed by atoms with Crippen LogP contribution in [0, 0.1) is 17.8 Å². The van der Waals surface area contributed by atoms with Crippen LogP contribution in [0.5, 0.6) is 11.5 Å². The second-order valence-electron chi connectivity index (χ2n) is 6.85. The third kappa shape index (κ3) is 4.66. The highest BCUT2D eigenvalue weighted by atomic mass is 16.7. The number of terminal acetylenes is 1. The molecule has 1 aliphatic rings. The molecule has 132 valence electrons. The molecule has 0 spiro atoms. The summed E-state index contributed by atoms with van der Waals surface area (Å²) in [5, 5.41) is 0. The molecule has 0 bridgehead atoms. The Morgan fingerprint density at radius 3 is 2.21 bits per heavy atom. The molecule has 24 heavy (non-hydrogen) atoms. The maximum absolute atomic E-state index is 5.92. The molecule has 0 saturated carbocycles. The van der Waals surface area contributed by atoms with Gasteiger partial charge in [0.15, 0.2) is 6.29 Å². The molecule has 0 unspecified atom stereocenters.